The number of aromatic nitrogens is 2. The summed E-state index contributed by atoms with van der Waals surface area (Å²) in [6.07, 6.45) is 4.97. The lowest BCUT2D eigenvalue weighted by Crippen LogP contribution is -2.22. The van der Waals surface area contributed by atoms with Gasteiger partial charge in [0.2, 0.25) is 0 Å². The predicted octanol–water partition coefficient (Wildman–Crippen LogP) is 5.03. The van der Waals surface area contributed by atoms with E-state index in [2.05, 4.69) is 11.9 Å². The highest BCUT2D eigenvalue weighted by Crippen LogP contribution is 2.35. The Bertz CT molecular complexity index is 962. The molecule has 1 aliphatic carbocycles. The molecule has 4 rings (SSSR count). The van der Waals surface area contributed by atoms with Crippen LogP contribution in [-0.2, 0) is 19.4 Å². The number of rotatable bonds is 4. The lowest BCUT2D eigenvalue weighted by molar-refractivity contribution is 0.509. The molecule has 0 spiro atoms. The zero-order chi connectivity index (χ0) is 17.4. The van der Waals surface area contributed by atoms with Gasteiger partial charge in [-0.05, 0) is 55.0 Å². The van der Waals surface area contributed by atoms with Crippen LogP contribution >= 0.6 is 34.7 Å². The Kier molecular flexibility index (Phi) is 4.89. The van der Waals surface area contributed by atoms with Gasteiger partial charge in [-0.2, -0.15) is 0 Å². The normalized spacial score (nSPS) is 17.0. The number of hydrogen-bond donors (Lipinski definition) is 0. The van der Waals surface area contributed by atoms with Crippen molar-refractivity contribution in [2.45, 2.75) is 37.6 Å². The fourth-order valence-corrected chi connectivity index (χ4v) is 5.64. The number of fused-ring (bicyclic) bond motifs is 3. The topological polar surface area (TPSA) is 34.9 Å². The highest BCUT2D eigenvalue weighted by molar-refractivity contribution is 7.99. The Morgan fingerprint density at radius 3 is 2.96 bits per heavy atom. The van der Waals surface area contributed by atoms with Gasteiger partial charge >= 0.3 is 0 Å². The summed E-state index contributed by atoms with van der Waals surface area (Å²) in [5.74, 6) is 1.54. The van der Waals surface area contributed by atoms with Crippen LogP contribution in [0.1, 0.15) is 23.8 Å². The minimum absolute atomic E-state index is 0.119. The van der Waals surface area contributed by atoms with Crippen molar-refractivity contribution in [3.05, 3.63) is 56.4 Å². The fourth-order valence-electron chi connectivity index (χ4n) is 3.32. The molecule has 0 fully saturated rings. The summed E-state index contributed by atoms with van der Waals surface area (Å²) >= 11 is 9.34. The number of hydrogen-bond acceptors (Lipinski definition) is 4. The number of thioether (sulfide) groups is 1. The van der Waals surface area contributed by atoms with E-state index in [-0.39, 0.29) is 5.56 Å². The van der Waals surface area contributed by atoms with Gasteiger partial charge in [-0.1, -0.05) is 18.5 Å². The summed E-state index contributed by atoms with van der Waals surface area (Å²) in [5.41, 5.74) is 1.38. The van der Waals surface area contributed by atoms with E-state index in [1.54, 1.807) is 34.0 Å². The van der Waals surface area contributed by atoms with Gasteiger partial charge in [-0.25, -0.2) is 4.98 Å². The highest BCUT2D eigenvalue weighted by atomic mass is 35.5. The van der Waals surface area contributed by atoms with Crippen molar-refractivity contribution in [1.82, 2.24) is 9.55 Å². The van der Waals surface area contributed by atoms with Crippen LogP contribution in [-0.4, -0.2) is 15.3 Å². The lowest BCUT2D eigenvalue weighted by Gasteiger charge is -2.17. The smallest absolute Gasteiger partial charge is 0.262 e. The third-order valence-corrected chi connectivity index (χ3v) is 7.10. The first-order chi connectivity index (χ1) is 12.1. The molecule has 0 bridgehead atoms. The van der Waals surface area contributed by atoms with Crippen molar-refractivity contribution >= 4 is 44.9 Å². The molecule has 3 aromatic rings. The van der Waals surface area contributed by atoms with Gasteiger partial charge in [0, 0.05) is 27.1 Å². The zero-order valence-corrected chi connectivity index (χ0v) is 16.4. The van der Waals surface area contributed by atoms with E-state index in [4.69, 9.17) is 11.6 Å². The SMILES string of the molecule is C[C@H]1CCc2c(sc3ncn(CCSc4ccc(Cl)cc4)c(=O)c23)C1. The van der Waals surface area contributed by atoms with Gasteiger partial charge in [0.25, 0.3) is 5.56 Å². The maximum atomic E-state index is 12.9. The van der Waals surface area contributed by atoms with E-state index in [9.17, 15) is 4.79 Å². The monoisotopic (exact) mass is 390 g/mol. The largest absolute Gasteiger partial charge is 0.298 e. The van der Waals surface area contributed by atoms with Crippen molar-refractivity contribution in [2.24, 2.45) is 5.92 Å². The van der Waals surface area contributed by atoms with E-state index < -0.39 is 0 Å². The molecule has 0 aliphatic heterocycles. The maximum Gasteiger partial charge on any atom is 0.262 e. The first-order valence-electron chi connectivity index (χ1n) is 8.50. The van der Waals surface area contributed by atoms with E-state index in [1.165, 1.54) is 16.9 Å². The Balaban J connectivity index is 1.55. The molecule has 3 nitrogen and oxygen atoms in total. The minimum Gasteiger partial charge on any atom is -0.298 e. The second-order valence-corrected chi connectivity index (χ2v) is 9.27. The number of halogens is 1. The molecule has 130 valence electrons. The van der Waals surface area contributed by atoms with E-state index in [1.807, 2.05) is 24.3 Å². The lowest BCUT2D eigenvalue weighted by atomic mass is 9.89. The van der Waals surface area contributed by atoms with E-state index in [0.717, 1.165) is 38.7 Å². The van der Waals surface area contributed by atoms with Gasteiger partial charge in [-0.3, -0.25) is 9.36 Å². The highest BCUT2D eigenvalue weighted by Gasteiger charge is 2.23. The summed E-state index contributed by atoms with van der Waals surface area (Å²) in [7, 11) is 0. The Hall–Kier alpha value is -1.30. The molecule has 1 aromatic carbocycles. The van der Waals surface area contributed by atoms with Crippen LogP contribution in [0.4, 0.5) is 0 Å². The Morgan fingerprint density at radius 2 is 2.16 bits per heavy atom. The number of thiophene rings is 1. The van der Waals surface area contributed by atoms with Gasteiger partial charge < -0.3 is 0 Å². The molecule has 0 saturated heterocycles. The van der Waals surface area contributed by atoms with Crippen LogP contribution in [0, 0.1) is 5.92 Å². The molecule has 2 aromatic heterocycles. The summed E-state index contributed by atoms with van der Waals surface area (Å²) < 4.78 is 1.76. The van der Waals surface area contributed by atoms with Crippen LogP contribution in [0.25, 0.3) is 10.2 Å². The molecule has 6 heteroatoms. The average Bonchev–Trinajstić information content (AvgIpc) is 2.97. The molecule has 1 aliphatic rings. The first kappa shape index (κ1) is 17.1. The molecule has 0 amide bonds. The van der Waals surface area contributed by atoms with Crippen LogP contribution in [0.15, 0.2) is 40.3 Å². The van der Waals surface area contributed by atoms with Gasteiger partial charge in [-0.15, -0.1) is 23.1 Å². The average molecular weight is 391 g/mol. The summed E-state index contributed by atoms with van der Waals surface area (Å²) in [6, 6.07) is 7.80. The second kappa shape index (κ2) is 7.14. The molecule has 25 heavy (non-hydrogen) atoms. The quantitative estimate of drug-likeness (QED) is 0.586. The molecule has 0 saturated carbocycles. The molecule has 0 N–H and O–H groups in total. The molecule has 0 radical (unpaired) electrons. The van der Waals surface area contributed by atoms with Gasteiger partial charge in [0.15, 0.2) is 0 Å². The third kappa shape index (κ3) is 3.50. The standard InChI is InChI=1S/C19H19ClN2OS2/c1-12-2-7-15-16(10-12)25-18-17(15)19(23)22(11-21-18)8-9-24-14-5-3-13(20)4-6-14/h3-6,11-12H,2,7-10H2,1H3/t12-/m0/s1. The molecular weight excluding hydrogens is 372 g/mol. The van der Waals surface area contributed by atoms with Crippen molar-refractivity contribution < 1.29 is 0 Å². The van der Waals surface area contributed by atoms with E-state index in [0.29, 0.717) is 12.5 Å². The summed E-state index contributed by atoms with van der Waals surface area (Å²) in [6.45, 7) is 2.95. The molecule has 0 unspecified atom stereocenters. The van der Waals surface area contributed by atoms with Crippen LogP contribution in [0.5, 0.6) is 0 Å². The first-order valence-corrected chi connectivity index (χ1v) is 10.7. The second-order valence-electron chi connectivity index (χ2n) is 6.58. The molecular formula is C19H19ClN2OS2. The molecule has 2 heterocycles. The summed E-state index contributed by atoms with van der Waals surface area (Å²) in [5, 5.41) is 1.61. The third-order valence-electron chi connectivity index (χ3n) is 4.70. The van der Waals surface area contributed by atoms with Crippen molar-refractivity contribution in [3.63, 3.8) is 0 Å². The maximum absolute atomic E-state index is 12.9. The number of benzene rings is 1. The fraction of sp³-hybridized carbons (Fsp3) is 0.368. The van der Waals surface area contributed by atoms with Crippen molar-refractivity contribution in [1.29, 1.82) is 0 Å². The van der Waals surface area contributed by atoms with Gasteiger partial charge in [0.1, 0.15) is 4.83 Å². The molecule has 1 atom stereocenters. The van der Waals surface area contributed by atoms with Crippen LogP contribution in [0.2, 0.25) is 5.02 Å². The predicted molar refractivity (Wildman–Crippen MR) is 107 cm³/mol. The zero-order valence-electron chi connectivity index (χ0n) is 14.0. The van der Waals surface area contributed by atoms with Crippen LogP contribution < -0.4 is 5.56 Å². The Morgan fingerprint density at radius 1 is 1.36 bits per heavy atom. The van der Waals surface area contributed by atoms with Gasteiger partial charge in [0.05, 0.1) is 11.7 Å². The number of nitrogens with zero attached hydrogens (tertiary/aromatic N) is 2. The summed E-state index contributed by atoms with van der Waals surface area (Å²) in [4.78, 5) is 20.9. The van der Waals surface area contributed by atoms with Crippen LogP contribution in [0.3, 0.4) is 0 Å². The van der Waals surface area contributed by atoms with Crippen molar-refractivity contribution in [2.75, 3.05) is 5.75 Å². The minimum atomic E-state index is 0.119. The Labute approximate surface area is 160 Å². The number of aryl methyl sites for hydroxylation is 2. The van der Waals surface area contributed by atoms with Crippen molar-refractivity contribution in [3.8, 4) is 0 Å². The van der Waals surface area contributed by atoms with E-state index >= 15 is 0 Å².